The van der Waals surface area contributed by atoms with E-state index < -0.39 is 0 Å². The SMILES string of the molecule is COCCOc1cccc(NCc2cccs2)c1. The normalized spacial score (nSPS) is 10.3. The summed E-state index contributed by atoms with van der Waals surface area (Å²) in [6.45, 7) is 2.02. The van der Waals surface area contributed by atoms with Gasteiger partial charge in [0.15, 0.2) is 0 Å². The molecule has 0 aliphatic carbocycles. The average molecular weight is 263 g/mol. The minimum absolute atomic E-state index is 0.574. The van der Waals surface area contributed by atoms with Crippen LogP contribution in [-0.4, -0.2) is 20.3 Å². The van der Waals surface area contributed by atoms with Gasteiger partial charge in [0.05, 0.1) is 6.61 Å². The third-order valence-electron chi connectivity index (χ3n) is 2.44. The average Bonchev–Trinajstić information content (AvgIpc) is 2.90. The van der Waals surface area contributed by atoms with E-state index in [2.05, 4.69) is 22.8 Å². The van der Waals surface area contributed by atoms with Gasteiger partial charge in [-0.05, 0) is 23.6 Å². The molecule has 0 fully saturated rings. The van der Waals surface area contributed by atoms with Gasteiger partial charge in [0, 0.05) is 30.3 Å². The number of nitrogens with one attached hydrogen (secondary N) is 1. The Labute approximate surface area is 111 Å². The number of thiophene rings is 1. The Morgan fingerprint density at radius 2 is 2.11 bits per heavy atom. The van der Waals surface area contributed by atoms with Gasteiger partial charge in [-0.1, -0.05) is 12.1 Å². The second-order valence-corrected chi connectivity index (χ2v) is 4.83. The highest BCUT2D eigenvalue weighted by atomic mass is 32.1. The van der Waals surface area contributed by atoms with Crippen LogP contribution in [-0.2, 0) is 11.3 Å². The zero-order chi connectivity index (χ0) is 12.6. The van der Waals surface area contributed by atoms with Gasteiger partial charge in [-0.3, -0.25) is 0 Å². The maximum atomic E-state index is 5.56. The molecule has 0 saturated carbocycles. The summed E-state index contributed by atoms with van der Waals surface area (Å²) in [6, 6.07) is 12.2. The maximum absolute atomic E-state index is 5.56. The zero-order valence-electron chi connectivity index (χ0n) is 10.4. The van der Waals surface area contributed by atoms with Crippen LogP contribution in [0.15, 0.2) is 41.8 Å². The van der Waals surface area contributed by atoms with E-state index in [1.165, 1.54) is 4.88 Å². The minimum Gasteiger partial charge on any atom is -0.491 e. The van der Waals surface area contributed by atoms with Crippen molar-refractivity contribution < 1.29 is 9.47 Å². The summed E-state index contributed by atoms with van der Waals surface area (Å²) < 4.78 is 10.5. The summed E-state index contributed by atoms with van der Waals surface area (Å²) in [5.74, 6) is 0.864. The molecule has 0 amide bonds. The van der Waals surface area contributed by atoms with E-state index in [1.807, 2.05) is 24.3 Å². The summed E-state index contributed by atoms with van der Waals surface area (Å²) in [7, 11) is 1.67. The van der Waals surface area contributed by atoms with E-state index in [9.17, 15) is 0 Å². The fraction of sp³-hybridized carbons (Fsp3) is 0.286. The summed E-state index contributed by atoms with van der Waals surface area (Å²) in [5.41, 5.74) is 1.07. The van der Waals surface area contributed by atoms with E-state index in [1.54, 1.807) is 18.4 Å². The Bertz CT molecular complexity index is 457. The Morgan fingerprint density at radius 3 is 2.89 bits per heavy atom. The molecule has 4 heteroatoms. The molecule has 18 heavy (non-hydrogen) atoms. The topological polar surface area (TPSA) is 30.5 Å². The van der Waals surface area contributed by atoms with Crippen molar-refractivity contribution in [1.82, 2.24) is 0 Å². The van der Waals surface area contributed by atoms with Gasteiger partial charge in [-0.2, -0.15) is 0 Å². The lowest BCUT2D eigenvalue weighted by Crippen LogP contribution is -2.04. The maximum Gasteiger partial charge on any atom is 0.121 e. The van der Waals surface area contributed by atoms with Crippen molar-refractivity contribution in [2.24, 2.45) is 0 Å². The molecule has 1 heterocycles. The van der Waals surface area contributed by atoms with Gasteiger partial charge in [-0.15, -0.1) is 11.3 Å². The lowest BCUT2D eigenvalue weighted by molar-refractivity contribution is 0.146. The number of methoxy groups -OCH3 is 1. The van der Waals surface area contributed by atoms with Crippen LogP contribution in [0.2, 0.25) is 0 Å². The van der Waals surface area contributed by atoms with Crippen molar-refractivity contribution in [2.75, 3.05) is 25.6 Å². The lowest BCUT2D eigenvalue weighted by atomic mass is 10.3. The number of anilines is 1. The van der Waals surface area contributed by atoms with Crippen molar-refractivity contribution in [3.63, 3.8) is 0 Å². The number of ether oxygens (including phenoxy) is 2. The first-order valence-electron chi connectivity index (χ1n) is 5.86. The van der Waals surface area contributed by atoms with Crippen LogP contribution in [0, 0.1) is 0 Å². The molecule has 2 aromatic rings. The van der Waals surface area contributed by atoms with Gasteiger partial charge in [0.1, 0.15) is 12.4 Å². The van der Waals surface area contributed by atoms with Crippen molar-refractivity contribution in [3.8, 4) is 5.75 Å². The Hall–Kier alpha value is -1.52. The van der Waals surface area contributed by atoms with Crippen molar-refractivity contribution in [1.29, 1.82) is 0 Å². The fourth-order valence-corrected chi connectivity index (χ4v) is 2.19. The van der Waals surface area contributed by atoms with Crippen molar-refractivity contribution in [2.45, 2.75) is 6.54 Å². The van der Waals surface area contributed by atoms with E-state index in [4.69, 9.17) is 9.47 Å². The van der Waals surface area contributed by atoms with Crippen molar-refractivity contribution in [3.05, 3.63) is 46.7 Å². The molecule has 0 spiro atoms. The second kappa shape index (κ2) is 7.03. The van der Waals surface area contributed by atoms with Crippen LogP contribution < -0.4 is 10.1 Å². The molecule has 1 N–H and O–H groups in total. The molecular formula is C14H17NO2S. The Kier molecular flexibility index (Phi) is 5.05. The molecule has 1 aromatic heterocycles. The number of benzene rings is 1. The highest BCUT2D eigenvalue weighted by molar-refractivity contribution is 7.09. The molecule has 0 aliphatic rings. The van der Waals surface area contributed by atoms with Gasteiger partial charge < -0.3 is 14.8 Å². The number of rotatable bonds is 7. The molecule has 3 nitrogen and oxygen atoms in total. The van der Waals surface area contributed by atoms with E-state index >= 15 is 0 Å². The standard InChI is InChI=1S/C14H17NO2S/c1-16-7-8-17-13-5-2-4-12(10-13)15-11-14-6-3-9-18-14/h2-6,9-10,15H,7-8,11H2,1H3. The van der Waals surface area contributed by atoms with Gasteiger partial charge in [0.2, 0.25) is 0 Å². The first kappa shape index (κ1) is 12.9. The quantitative estimate of drug-likeness (QED) is 0.777. The molecule has 0 saturated heterocycles. The Balaban J connectivity index is 1.86. The zero-order valence-corrected chi connectivity index (χ0v) is 11.2. The van der Waals surface area contributed by atoms with Crippen LogP contribution in [0.5, 0.6) is 5.75 Å². The first-order valence-corrected chi connectivity index (χ1v) is 6.74. The number of hydrogen-bond acceptors (Lipinski definition) is 4. The molecule has 2 rings (SSSR count). The first-order chi connectivity index (χ1) is 8.88. The van der Waals surface area contributed by atoms with Gasteiger partial charge in [0.25, 0.3) is 0 Å². The number of hydrogen-bond donors (Lipinski definition) is 1. The minimum atomic E-state index is 0.574. The molecule has 0 bridgehead atoms. The Morgan fingerprint density at radius 1 is 1.17 bits per heavy atom. The highest BCUT2D eigenvalue weighted by Gasteiger charge is 1.98. The van der Waals surface area contributed by atoms with E-state index in [0.717, 1.165) is 18.0 Å². The summed E-state index contributed by atoms with van der Waals surface area (Å²) in [4.78, 5) is 1.32. The van der Waals surface area contributed by atoms with Crippen LogP contribution >= 0.6 is 11.3 Å². The molecular weight excluding hydrogens is 246 g/mol. The molecule has 96 valence electrons. The third-order valence-corrected chi connectivity index (χ3v) is 3.31. The van der Waals surface area contributed by atoms with Gasteiger partial charge in [-0.25, -0.2) is 0 Å². The smallest absolute Gasteiger partial charge is 0.121 e. The fourth-order valence-electron chi connectivity index (χ4n) is 1.54. The third kappa shape index (κ3) is 4.05. The molecule has 0 atom stereocenters. The van der Waals surface area contributed by atoms with Crippen LogP contribution in [0.4, 0.5) is 5.69 Å². The van der Waals surface area contributed by atoms with Crippen LogP contribution in [0.1, 0.15) is 4.88 Å². The summed E-state index contributed by atoms with van der Waals surface area (Å²) >= 11 is 1.75. The lowest BCUT2D eigenvalue weighted by Gasteiger charge is -2.09. The van der Waals surface area contributed by atoms with Crippen LogP contribution in [0.25, 0.3) is 0 Å². The predicted molar refractivity (Wildman–Crippen MR) is 75.5 cm³/mol. The molecule has 0 radical (unpaired) electrons. The van der Waals surface area contributed by atoms with E-state index in [-0.39, 0.29) is 0 Å². The highest BCUT2D eigenvalue weighted by Crippen LogP contribution is 2.19. The monoisotopic (exact) mass is 263 g/mol. The molecule has 0 aliphatic heterocycles. The molecule has 0 unspecified atom stereocenters. The van der Waals surface area contributed by atoms with E-state index in [0.29, 0.717) is 13.2 Å². The second-order valence-electron chi connectivity index (χ2n) is 3.80. The van der Waals surface area contributed by atoms with Crippen LogP contribution in [0.3, 0.4) is 0 Å². The largest absolute Gasteiger partial charge is 0.491 e. The van der Waals surface area contributed by atoms with Gasteiger partial charge >= 0.3 is 0 Å². The molecule has 1 aromatic carbocycles. The summed E-state index contributed by atoms with van der Waals surface area (Å²) in [6.07, 6.45) is 0. The summed E-state index contributed by atoms with van der Waals surface area (Å²) in [5, 5.41) is 5.46. The predicted octanol–water partition coefficient (Wildman–Crippen LogP) is 3.39. The van der Waals surface area contributed by atoms with Crippen molar-refractivity contribution >= 4 is 17.0 Å².